The molecule has 0 heterocycles. The molecule has 0 aliphatic rings. The number of hydrogen-bond acceptors (Lipinski definition) is 3. The summed E-state index contributed by atoms with van der Waals surface area (Å²) in [6.45, 7) is 0. The van der Waals surface area contributed by atoms with Gasteiger partial charge < -0.3 is 15.9 Å². The lowest BCUT2D eigenvalue weighted by Gasteiger charge is -2.04. The fourth-order valence-corrected chi connectivity index (χ4v) is 1.45. The van der Waals surface area contributed by atoms with E-state index in [4.69, 9.17) is 10.8 Å². The van der Waals surface area contributed by atoms with Gasteiger partial charge in [-0.05, 0) is 28.1 Å². The smallest absolute Gasteiger partial charge is 0.339 e. The van der Waals surface area contributed by atoms with E-state index in [1.54, 1.807) is 0 Å². The van der Waals surface area contributed by atoms with Crippen LogP contribution in [0.4, 0.5) is 0 Å². The number of phenols is 1. The van der Waals surface area contributed by atoms with Gasteiger partial charge in [-0.15, -0.1) is 0 Å². The molecule has 5 nitrogen and oxygen atoms in total. The summed E-state index contributed by atoms with van der Waals surface area (Å²) in [6.07, 6.45) is 0. The zero-order valence-corrected chi connectivity index (χ0v) is 8.41. The Bertz CT molecular complexity index is 381. The molecule has 1 aromatic carbocycles. The molecule has 1 amide bonds. The second-order valence-electron chi connectivity index (χ2n) is 2.52. The molecule has 0 saturated heterocycles. The first kappa shape index (κ1) is 10.5. The van der Waals surface area contributed by atoms with Crippen LogP contribution in [-0.2, 0) is 0 Å². The lowest BCUT2D eigenvalue weighted by molar-refractivity contribution is 0.0693. The lowest BCUT2D eigenvalue weighted by atomic mass is 10.1. The minimum atomic E-state index is -1.32. The van der Waals surface area contributed by atoms with Gasteiger partial charge in [-0.1, -0.05) is 0 Å². The van der Waals surface area contributed by atoms with Crippen LogP contribution in [0.25, 0.3) is 0 Å². The second kappa shape index (κ2) is 3.67. The van der Waals surface area contributed by atoms with E-state index >= 15 is 0 Å². The minimum absolute atomic E-state index is 0.0141. The molecule has 0 aliphatic carbocycles. The summed E-state index contributed by atoms with van der Waals surface area (Å²) in [5.41, 5.74) is 4.65. The van der Waals surface area contributed by atoms with Gasteiger partial charge in [0.25, 0.3) is 0 Å². The highest BCUT2D eigenvalue weighted by atomic mass is 79.9. The number of carboxylic acids is 1. The molecule has 1 aromatic rings. The summed E-state index contributed by atoms with van der Waals surface area (Å²) in [7, 11) is 0. The monoisotopic (exact) mass is 259 g/mol. The molecule has 74 valence electrons. The zero-order valence-electron chi connectivity index (χ0n) is 6.82. The summed E-state index contributed by atoms with van der Waals surface area (Å²) in [5.74, 6) is -2.51. The van der Waals surface area contributed by atoms with Crippen molar-refractivity contribution in [2.45, 2.75) is 0 Å². The average Bonchev–Trinajstić information content (AvgIpc) is 2.02. The molecule has 0 saturated carbocycles. The van der Waals surface area contributed by atoms with E-state index in [1.165, 1.54) is 0 Å². The number of benzene rings is 1. The number of aromatic hydroxyl groups is 1. The number of carbonyl (C=O) groups is 2. The Morgan fingerprint density at radius 3 is 2.29 bits per heavy atom. The standard InChI is InChI=1S/C8H6BrNO4/c9-5-2-6(11)4(8(13)14)1-3(5)7(10)12/h1-2,11H,(H2,10,12)(H,13,14). The van der Waals surface area contributed by atoms with Crippen LogP contribution in [-0.4, -0.2) is 22.1 Å². The molecule has 1 rings (SSSR count). The van der Waals surface area contributed by atoms with Crippen molar-refractivity contribution in [3.05, 3.63) is 27.7 Å². The zero-order chi connectivity index (χ0) is 10.9. The average molecular weight is 260 g/mol. The van der Waals surface area contributed by atoms with Gasteiger partial charge in [0, 0.05) is 4.47 Å². The van der Waals surface area contributed by atoms with E-state index in [2.05, 4.69) is 15.9 Å². The van der Waals surface area contributed by atoms with Gasteiger partial charge in [-0.2, -0.15) is 0 Å². The quantitative estimate of drug-likeness (QED) is 0.736. The lowest BCUT2D eigenvalue weighted by Crippen LogP contribution is -2.13. The molecule has 0 fully saturated rings. The molecular formula is C8H6BrNO4. The van der Waals surface area contributed by atoms with Gasteiger partial charge in [0.05, 0.1) is 5.56 Å². The van der Waals surface area contributed by atoms with Gasteiger partial charge in [0.15, 0.2) is 0 Å². The Morgan fingerprint density at radius 2 is 1.86 bits per heavy atom. The maximum absolute atomic E-state index is 10.8. The number of hydrogen-bond donors (Lipinski definition) is 3. The SMILES string of the molecule is NC(=O)c1cc(C(=O)O)c(O)cc1Br. The normalized spacial score (nSPS) is 9.79. The van der Waals surface area contributed by atoms with Crippen molar-refractivity contribution in [3.63, 3.8) is 0 Å². The number of nitrogens with two attached hydrogens (primary N) is 1. The highest BCUT2D eigenvalue weighted by molar-refractivity contribution is 9.10. The second-order valence-corrected chi connectivity index (χ2v) is 3.37. The number of carboxylic acid groups (broad SMARTS) is 1. The van der Waals surface area contributed by atoms with Crippen LogP contribution in [0.15, 0.2) is 16.6 Å². The molecule has 0 aliphatic heterocycles. The highest BCUT2D eigenvalue weighted by Crippen LogP contribution is 2.26. The number of aromatic carboxylic acids is 1. The first-order valence-corrected chi connectivity index (χ1v) is 4.28. The summed E-state index contributed by atoms with van der Waals surface area (Å²) in [5, 5.41) is 17.8. The molecule has 0 unspecified atom stereocenters. The molecule has 0 bridgehead atoms. The maximum Gasteiger partial charge on any atom is 0.339 e. The van der Waals surface area contributed by atoms with E-state index in [0.29, 0.717) is 0 Å². The third-order valence-electron chi connectivity index (χ3n) is 1.58. The topological polar surface area (TPSA) is 101 Å². The largest absolute Gasteiger partial charge is 0.507 e. The van der Waals surface area contributed by atoms with Gasteiger partial charge in [0.1, 0.15) is 11.3 Å². The highest BCUT2D eigenvalue weighted by Gasteiger charge is 2.15. The molecule has 0 spiro atoms. The third-order valence-corrected chi connectivity index (χ3v) is 2.24. The van der Waals surface area contributed by atoms with Crippen LogP contribution in [0.3, 0.4) is 0 Å². The van der Waals surface area contributed by atoms with E-state index in [1.807, 2.05) is 0 Å². The molecule has 6 heteroatoms. The molecule has 0 atom stereocenters. The van der Waals surface area contributed by atoms with Gasteiger partial charge in [-0.3, -0.25) is 4.79 Å². The Kier molecular flexibility index (Phi) is 2.76. The number of amides is 1. The predicted molar refractivity (Wildman–Crippen MR) is 51.3 cm³/mol. The van der Waals surface area contributed by atoms with Crippen LogP contribution in [0.1, 0.15) is 20.7 Å². The van der Waals surface area contributed by atoms with Crippen molar-refractivity contribution >= 4 is 27.8 Å². The first-order chi connectivity index (χ1) is 6.43. The van der Waals surface area contributed by atoms with E-state index in [9.17, 15) is 14.7 Å². The molecule has 14 heavy (non-hydrogen) atoms. The van der Waals surface area contributed by atoms with Crippen LogP contribution < -0.4 is 5.73 Å². The van der Waals surface area contributed by atoms with E-state index < -0.39 is 17.6 Å². The molecule has 0 radical (unpaired) electrons. The summed E-state index contributed by atoms with van der Waals surface area (Å²) >= 11 is 2.98. The summed E-state index contributed by atoms with van der Waals surface area (Å²) in [6, 6.07) is 2.13. The first-order valence-electron chi connectivity index (χ1n) is 3.49. The molecule has 4 N–H and O–H groups in total. The fourth-order valence-electron chi connectivity index (χ4n) is 0.923. The van der Waals surface area contributed by atoms with Gasteiger partial charge in [0.2, 0.25) is 5.91 Å². The van der Waals surface area contributed by atoms with Crippen LogP contribution >= 0.6 is 15.9 Å². The Balaban J connectivity index is 3.42. The van der Waals surface area contributed by atoms with Gasteiger partial charge >= 0.3 is 5.97 Å². The van der Waals surface area contributed by atoms with Crippen molar-refractivity contribution in [1.82, 2.24) is 0 Å². The minimum Gasteiger partial charge on any atom is -0.507 e. The Hall–Kier alpha value is -1.56. The number of rotatable bonds is 2. The van der Waals surface area contributed by atoms with Crippen LogP contribution in [0, 0.1) is 0 Å². The van der Waals surface area contributed by atoms with Crippen LogP contribution in [0.2, 0.25) is 0 Å². The molecule has 0 aromatic heterocycles. The van der Waals surface area contributed by atoms with Crippen molar-refractivity contribution in [3.8, 4) is 5.75 Å². The van der Waals surface area contributed by atoms with E-state index in [0.717, 1.165) is 12.1 Å². The van der Waals surface area contributed by atoms with Crippen molar-refractivity contribution < 1.29 is 19.8 Å². The van der Waals surface area contributed by atoms with Crippen LogP contribution in [0.5, 0.6) is 5.75 Å². The molecular weight excluding hydrogens is 254 g/mol. The van der Waals surface area contributed by atoms with Crippen molar-refractivity contribution in [2.75, 3.05) is 0 Å². The maximum atomic E-state index is 10.8. The van der Waals surface area contributed by atoms with Crippen molar-refractivity contribution in [2.24, 2.45) is 5.73 Å². The number of halogens is 1. The Labute approximate surface area is 87.3 Å². The van der Waals surface area contributed by atoms with Crippen molar-refractivity contribution in [1.29, 1.82) is 0 Å². The fraction of sp³-hybridized carbons (Fsp3) is 0. The number of carbonyl (C=O) groups excluding carboxylic acids is 1. The summed E-state index contributed by atoms with van der Waals surface area (Å²) < 4.78 is 0.257. The predicted octanol–water partition coefficient (Wildman–Crippen LogP) is 0.952. The Morgan fingerprint density at radius 1 is 1.29 bits per heavy atom. The van der Waals surface area contributed by atoms with E-state index in [-0.39, 0.29) is 15.6 Å². The number of primary amides is 1. The third kappa shape index (κ3) is 1.85. The van der Waals surface area contributed by atoms with Gasteiger partial charge in [-0.25, -0.2) is 4.79 Å². The summed E-state index contributed by atoms with van der Waals surface area (Å²) in [4.78, 5) is 21.4.